The van der Waals surface area contributed by atoms with Crippen LogP contribution in [0.4, 0.5) is 0 Å². The lowest BCUT2D eigenvalue weighted by atomic mass is 10.1. The fourth-order valence-corrected chi connectivity index (χ4v) is 4.58. The lowest BCUT2D eigenvalue weighted by Crippen LogP contribution is -2.34. The maximum absolute atomic E-state index is 12.8. The molecule has 1 heterocycles. The van der Waals surface area contributed by atoms with Crippen molar-refractivity contribution in [1.29, 1.82) is 0 Å². The number of hydrogen-bond acceptors (Lipinski definition) is 3. The van der Waals surface area contributed by atoms with E-state index in [-0.39, 0.29) is 16.1 Å². The Bertz CT molecular complexity index is 588. The summed E-state index contributed by atoms with van der Waals surface area (Å²) in [6, 6.07) is 1.64. The first-order chi connectivity index (χ1) is 9.32. The molecule has 1 saturated carbocycles. The van der Waals surface area contributed by atoms with Crippen LogP contribution < -0.4 is 0 Å². The Morgan fingerprint density at radius 1 is 1.50 bits per heavy atom. The fraction of sp³-hybridized carbons (Fsp3) is 0.615. The van der Waals surface area contributed by atoms with Crippen molar-refractivity contribution in [2.45, 2.75) is 44.0 Å². The van der Waals surface area contributed by atoms with Gasteiger partial charge < -0.3 is 0 Å². The van der Waals surface area contributed by atoms with Gasteiger partial charge in [-0.1, -0.05) is 25.4 Å². The molecule has 0 radical (unpaired) electrons. The second kappa shape index (κ2) is 6.30. The monoisotopic (exact) mass is 380 g/mol. The van der Waals surface area contributed by atoms with E-state index in [2.05, 4.69) is 34.8 Å². The average Bonchev–Trinajstić information content (AvgIpc) is 3.16. The molecule has 7 heteroatoms. The van der Waals surface area contributed by atoms with E-state index >= 15 is 0 Å². The van der Waals surface area contributed by atoms with Gasteiger partial charge in [-0.3, -0.25) is 0 Å². The zero-order valence-electron chi connectivity index (χ0n) is 11.5. The average molecular weight is 382 g/mol. The number of pyridine rings is 1. The van der Waals surface area contributed by atoms with Crippen LogP contribution in [0.5, 0.6) is 0 Å². The van der Waals surface area contributed by atoms with Crippen LogP contribution in [0.25, 0.3) is 0 Å². The predicted molar refractivity (Wildman–Crippen MR) is 83.3 cm³/mol. The Labute approximate surface area is 133 Å². The standard InChI is InChI=1S/C13H18BrClN2O2S/c1-9(2)5-6-17(11-3-4-11)20(18,19)12-7-10(14)8-16-13(12)15/h7-9,11H,3-6H2,1-2H3. The molecular weight excluding hydrogens is 364 g/mol. The smallest absolute Gasteiger partial charge is 0.242 e. The van der Waals surface area contributed by atoms with Gasteiger partial charge in [-0.15, -0.1) is 0 Å². The van der Waals surface area contributed by atoms with Crippen LogP contribution in [0.1, 0.15) is 33.1 Å². The van der Waals surface area contributed by atoms with Crippen LogP contribution in [-0.4, -0.2) is 30.3 Å². The summed E-state index contributed by atoms with van der Waals surface area (Å²) in [6.07, 6.45) is 4.19. The minimum Gasteiger partial charge on any atom is -0.242 e. The van der Waals surface area contributed by atoms with Gasteiger partial charge in [0.05, 0.1) is 0 Å². The summed E-state index contributed by atoms with van der Waals surface area (Å²) in [5.74, 6) is 0.461. The molecule has 4 nitrogen and oxygen atoms in total. The summed E-state index contributed by atoms with van der Waals surface area (Å²) in [6.45, 7) is 4.71. The van der Waals surface area contributed by atoms with E-state index in [1.165, 1.54) is 12.3 Å². The fourth-order valence-electron chi connectivity index (χ4n) is 1.96. The molecule has 1 aliphatic carbocycles. The van der Waals surface area contributed by atoms with Gasteiger partial charge in [-0.2, -0.15) is 4.31 Å². The largest absolute Gasteiger partial charge is 0.246 e. The Balaban J connectivity index is 2.32. The molecule has 1 aromatic rings. The number of halogens is 2. The van der Waals surface area contributed by atoms with Crippen molar-refractivity contribution in [3.05, 3.63) is 21.9 Å². The minimum absolute atomic E-state index is 0.0309. The quantitative estimate of drug-likeness (QED) is 0.706. The highest BCUT2D eigenvalue weighted by Crippen LogP contribution is 2.34. The second-order valence-electron chi connectivity index (χ2n) is 5.47. The van der Waals surface area contributed by atoms with E-state index < -0.39 is 10.0 Å². The van der Waals surface area contributed by atoms with Crippen LogP contribution in [0.3, 0.4) is 0 Å². The van der Waals surface area contributed by atoms with Gasteiger partial charge in [0.25, 0.3) is 0 Å². The van der Waals surface area contributed by atoms with Crippen LogP contribution in [0, 0.1) is 5.92 Å². The van der Waals surface area contributed by atoms with Crippen LogP contribution in [0.2, 0.25) is 5.15 Å². The Morgan fingerprint density at radius 3 is 2.70 bits per heavy atom. The van der Waals surface area contributed by atoms with Crippen molar-refractivity contribution < 1.29 is 8.42 Å². The van der Waals surface area contributed by atoms with E-state index in [1.807, 2.05) is 0 Å². The zero-order valence-corrected chi connectivity index (χ0v) is 14.7. The van der Waals surface area contributed by atoms with E-state index in [4.69, 9.17) is 11.6 Å². The molecule has 0 N–H and O–H groups in total. The number of nitrogens with zero attached hydrogens (tertiary/aromatic N) is 2. The topological polar surface area (TPSA) is 50.3 Å². The number of hydrogen-bond donors (Lipinski definition) is 0. The summed E-state index contributed by atoms with van der Waals surface area (Å²) in [5, 5.41) is 0.0309. The highest BCUT2D eigenvalue weighted by atomic mass is 79.9. The summed E-state index contributed by atoms with van der Waals surface area (Å²) in [4.78, 5) is 4.00. The van der Waals surface area contributed by atoms with Crippen LogP contribution >= 0.6 is 27.5 Å². The minimum atomic E-state index is -3.58. The Morgan fingerprint density at radius 2 is 2.15 bits per heavy atom. The number of sulfonamides is 1. The molecule has 0 aromatic carbocycles. The molecule has 20 heavy (non-hydrogen) atoms. The maximum atomic E-state index is 12.8. The van der Waals surface area contributed by atoms with Crippen molar-refractivity contribution in [2.75, 3.05) is 6.54 Å². The van der Waals surface area contributed by atoms with E-state index in [1.54, 1.807) is 4.31 Å². The second-order valence-corrected chi connectivity index (χ2v) is 8.60. The Kier molecular flexibility index (Phi) is 5.10. The number of aromatic nitrogens is 1. The predicted octanol–water partition coefficient (Wildman–Crippen LogP) is 3.70. The zero-order chi connectivity index (χ0) is 14.9. The molecule has 0 atom stereocenters. The van der Waals surface area contributed by atoms with Crippen molar-refractivity contribution in [3.8, 4) is 0 Å². The van der Waals surface area contributed by atoms with Gasteiger partial charge in [-0.05, 0) is 47.2 Å². The Hall–Kier alpha value is -0.170. The first-order valence-electron chi connectivity index (χ1n) is 6.65. The van der Waals surface area contributed by atoms with Crippen molar-refractivity contribution >= 4 is 37.6 Å². The van der Waals surface area contributed by atoms with E-state index in [9.17, 15) is 8.42 Å². The van der Waals surface area contributed by atoms with Crippen molar-refractivity contribution in [1.82, 2.24) is 9.29 Å². The SMILES string of the molecule is CC(C)CCN(C1CC1)S(=O)(=O)c1cc(Br)cnc1Cl. The summed E-state index contributed by atoms with van der Waals surface area (Å²) >= 11 is 9.22. The third kappa shape index (κ3) is 3.72. The molecule has 112 valence electrons. The van der Waals surface area contributed by atoms with E-state index in [0.717, 1.165) is 19.3 Å². The van der Waals surface area contributed by atoms with Gasteiger partial charge in [0.2, 0.25) is 10.0 Å². The molecule has 0 aliphatic heterocycles. The molecule has 0 amide bonds. The van der Waals surface area contributed by atoms with Crippen molar-refractivity contribution in [2.24, 2.45) is 5.92 Å². The summed E-state index contributed by atoms with van der Waals surface area (Å²) in [5.41, 5.74) is 0. The van der Waals surface area contributed by atoms with Gasteiger partial charge in [0, 0.05) is 23.3 Å². The molecule has 0 saturated heterocycles. The highest BCUT2D eigenvalue weighted by molar-refractivity contribution is 9.10. The van der Waals surface area contributed by atoms with Crippen LogP contribution in [-0.2, 0) is 10.0 Å². The molecule has 0 bridgehead atoms. The van der Waals surface area contributed by atoms with Gasteiger partial charge in [0.15, 0.2) is 0 Å². The highest BCUT2D eigenvalue weighted by Gasteiger charge is 2.39. The molecule has 1 aliphatic rings. The first-order valence-corrected chi connectivity index (χ1v) is 9.26. The van der Waals surface area contributed by atoms with Gasteiger partial charge in [-0.25, -0.2) is 13.4 Å². The normalized spacial score (nSPS) is 16.1. The molecule has 1 aromatic heterocycles. The third-order valence-electron chi connectivity index (χ3n) is 3.24. The van der Waals surface area contributed by atoms with Gasteiger partial charge in [0.1, 0.15) is 10.0 Å². The molecular formula is C13H18BrClN2O2S. The molecule has 0 unspecified atom stereocenters. The third-order valence-corrected chi connectivity index (χ3v) is 6.05. The van der Waals surface area contributed by atoms with E-state index in [0.29, 0.717) is 16.9 Å². The van der Waals surface area contributed by atoms with Crippen LogP contribution in [0.15, 0.2) is 21.6 Å². The molecule has 1 fully saturated rings. The first kappa shape index (κ1) is 16.2. The number of rotatable bonds is 6. The summed E-state index contributed by atoms with van der Waals surface area (Å²) in [7, 11) is -3.58. The van der Waals surface area contributed by atoms with Gasteiger partial charge >= 0.3 is 0 Å². The lowest BCUT2D eigenvalue weighted by molar-refractivity contribution is 0.373. The lowest BCUT2D eigenvalue weighted by Gasteiger charge is -2.23. The maximum Gasteiger partial charge on any atom is 0.246 e. The summed E-state index contributed by atoms with van der Waals surface area (Å²) < 4.78 is 27.8. The molecule has 0 spiro atoms. The van der Waals surface area contributed by atoms with Crippen molar-refractivity contribution in [3.63, 3.8) is 0 Å². The molecule has 2 rings (SSSR count).